The quantitative estimate of drug-likeness (QED) is 0.392. The zero-order valence-corrected chi connectivity index (χ0v) is 16.7. The summed E-state index contributed by atoms with van der Waals surface area (Å²) in [4.78, 5) is 25.5. The van der Waals surface area contributed by atoms with Crippen LogP contribution in [0.25, 0.3) is 21.5 Å². The van der Waals surface area contributed by atoms with Crippen molar-refractivity contribution in [3.05, 3.63) is 88.3 Å². The van der Waals surface area contributed by atoms with Gasteiger partial charge in [0.15, 0.2) is 5.69 Å². The molecule has 0 fully saturated rings. The van der Waals surface area contributed by atoms with Gasteiger partial charge in [-0.3, -0.25) is 9.59 Å². The Labute approximate surface area is 173 Å². The van der Waals surface area contributed by atoms with Gasteiger partial charge in [-0.15, -0.1) is 0 Å². The topological polar surface area (TPSA) is 76.3 Å². The summed E-state index contributed by atoms with van der Waals surface area (Å²) >= 11 is 0. The molecule has 6 nitrogen and oxygen atoms in total. The van der Waals surface area contributed by atoms with Crippen LogP contribution in [0.4, 0.5) is 0 Å². The molecule has 4 aromatic rings. The van der Waals surface area contributed by atoms with Crippen molar-refractivity contribution in [1.82, 2.24) is 15.2 Å². The molecule has 0 saturated carbocycles. The van der Waals surface area contributed by atoms with Gasteiger partial charge in [0, 0.05) is 11.9 Å². The molecule has 0 aliphatic carbocycles. The summed E-state index contributed by atoms with van der Waals surface area (Å²) < 4.78 is 1.37. The number of rotatable bonds is 6. The molecule has 0 atom stereocenters. The van der Waals surface area contributed by atoms with Crippen molar-refractivity contribution in [2.24, 2.45) is 5.10 Å². The summed E-state index contributed by atoms with van der Waals surface area (Å²) in [5.41, 5.74) is 3.42. The highest BCUT2D eigenvalue weighted by molar-refractivity contribution is 6.05. The molecule has 3 aromatic carbocycles. The van der Waals surface area contributed by atoms with Crippen LogP contribution in [0.3, 0.4) is 0 Å². The van der Waals surface area contributed by atoms with Crippen LogP contribution in [-0.2, 0) is 6.54 Å². The van der Waals surface area contributed by atoms with Crippen LogP contribution in [0.2, 0.25) is 0 Å². The largest absolute Gasteiger partial charge is 0.292 e. The number of nitrogens with zero attached hydrogens (tertiary/aromatic N) is 3. The molecule has 30 heavy (non-hydrogen) atoms. The maximum atomic E-state index is 12.8. The van der Waals surface area contributed by atoms with Crippen LogP contribution in [0, 0.1) is 0 Å². The maximum Gasteiger partial charge on any atom is 0.292 e. The van der Waals surface area contributed by atoms with Gasteiger partial charge in [0.2, 0.25) is 0 Å². The van der Waals surface area contributed by atoms with E-state index in [4.69, 9.17) is 0 Å². The molecule has 0 radical (unpaired) electrons. The second kappa shape index (κ2) is 8.69. The number of fused-ring (bicyclic) bond motifs is 2. The van der Waals surface area contributed by atoms with Gasteiger partial charge in [0.05, 0.1) is 11.6 Å². The van der Waals surface area contributed by atoms with E-state index in [9.17, 15) is 9.59 Å². The fraction of sp³-hybridized carbons (Fsp3) is 0.167. The highest BCUT2D eigenvalue weighted by atomic mass is 16.2. The summed E-state index contributed by atoms with van der Waals surface area (Å²) in [6.45, 7) is 2.52. The van der Waals surface area contributed by atoms with Gasteiger partial charge in [-0.25, -0.2) is 10.1 Å². The zero-order chi connectivity index (χ0) is 20.9. The summed E-state index contributed by atoms with van der Waals surface area (Å²) in [5, 5.41) is 11.7. The Morgan fingerprint density at radius 3 is 2.57 bits per heavy atom. The first kappa shape index (κ1) is 19.5. The first-order valence-electron chi connectivity index (χ1n) is 9.99. The predicted octanol–water partition coefficient (Wildman–Crippen LogP) is 4.11. The molecule has 1 N–H and O–H groups in total. The van der Waals surface area contributed by atoms with Crippen molar-refractivity contribution < 1.29 is 4.79 Å². The van der Waals surface area contributed by atoms with Gasteiger partial charge < -0.3 is 0 Å². The highest BCUT2D eigenvalue weighted by Crippen LogP contribution is 2.15. The maximum absolute atomic E-state index is 12.8. The minimum Gasteiger partial charge on any atom is -0.267 e. The SMILES string of the molecule is CCCCn1nc(C(=O)N/N=C\c2ccc3ccccc3c2)c2ccccc2c1=O. The van der Waals surface area contributed by atoms with Crippen LogP contribution in [0.15, 0.2) is 76.6 Å². The summed E-state index contributed by atoms with van der Waals surface area (Å²) in [7, 11) is 0. The van der Waals surface area contributed by atoms with Crippen LogP contribution < -0.4 is 11.0 Å². The van der Waals surface area contributed by atoms with Crippen LogP contribution >= 0.6 is 0 Å². The fourth-order valence-corrected chi connectivity index (χ4v) is 3.37. The highest BCUT2D eigenvalue weighted by Gasteiger charge is 2.16. The molecule has 1 aromatic heterocycles. The number of hydrogen-bond donors (Lipinski definition) is 1. The third-order valence-electron chi connectivity index (χ3n) is 4.96. The number of amides is 1. The van der Waals surface area contributed by atoms with E-state index in [0.717, 1.165) is 29.2 Å². The molecule has 150 valence electrons. The van der Waals surface area contributed by atoms with E-state index in [1.165, 1.54) is 4.68 Å². The lowest BCUT2D eigenvalue weighted by molar-refractivity contribution is 0.0949. The average Bonchev–Trinajstić information content (AvgIpc) is 2.78. The lowest BCUT2D eigenvalue weighted by atomic mass is 10.1. The van der Waals surface area contributed by atoms with Crippen molar-refractivity contribution in [2.45, 2.75) is 26.3 Å². The Balaban J connectivity index is 1.61. The van der Waals surface area contributed by atoms with E-state index in [2.05, 4.69) is 15.6 Å². The second-order valence-electron chi connectivity index (χ2n) is 7.08. The van der Waals surface area contributed by atoms with E-state index in [1.807, 2.05) is 49.4 Å². The number of hydrogen-bond acceptors (Lipinski definition) is 4. The Kier molecular flexibility index (Phi) is 5.66. The minimum atomic E-state index is -0.450. The molecule has 6 heteroatoms. The van der Waals surface area contributed by atoms with E-state index in [-0.39, 0.29) is 11.3 Å². The molecule has 0 saturated heterocycles. The molecule has 1 amide bonds. The molecule has 0 aliphatic rings. The monoisotopic (exact) mass is 398 g/mol. The van der Waals surface area contributed by atoms with Crippen LogP contribution in [0.1, 0.15) is 35.8 Å². The fourth-order valence-electron chi connectivity index (χ4n) is 3.37. The molecule has 4 rings (SSSR count). The van der Waals surface area contributed by atoms with E-state index in [1.54, 1.807) is 30.5 Å². The summed E-state index contributed by atoms with van der Waals surface area (Å²) in [6.07, 6.45) is 3.34. The van der Waals surface area contributed by atoms with Crippen molar-refractivity contribution in [3.8, 4) is 0 Å². The van der Waals surface area contributed by atoms with E-state index < -0.39 is 5.91 Å². The number of benzene rings is 3. The van der Waals surface area contributed by atoms with Gasteiger partial charge >= 0.3 is 0 Å². The minimum absolute atomic E-state index is 0.185. The number of aromatic nitrogens is 2. The van der Waals surface area contributed by atoms with Gasteiger partial charge in [-0.2, -0.15) is 10.2 Å². The summed E-state index contributed by atoms with van der Waals surface area (Å²) in [5.74, 6) is -0.450. The number of hydrazone groups is 1. The number of unbranched alkanes of at least 4 members (excludes halogenated alkanes) is 1. The number of carbonyl (C=O) groups excluding carboxylic acids is 1. The van der Waals surface area contributed by atoms with Crippen molar-refractivity contribution in [2.75, 3.05) is 0 Å². The Morgan fingerprint density at radius 2 is 1.77 bits per heavy atom. The van der Waals surface area contributed by atoms with E-state index in [0.29, 0.717) is 17.3 Å². The summed E-state index contributed by atoms with van der Waals surface area (Å²) in [6, 6.07) is 21.0. The standard InChI is InChI=1S/C24H22N4O2/c1-2-3-14-28-24(30)21-11-7-6-10-20(21)22(27-28)23(29)26-25-16-17-12-13-18-8-4-5-9-19(18)15-17/h4-13,15-16H,2-3,14H2,1H3,(H,26,29)/b25-16-. The first-order valence-corrected chi connectivity index (χ1v) is 9.99. The molecule has 0 bridgehead atoms. The van der Waals surface area contributed by atoms with Crippen LogP contribution in [-0.4, -0.2) is 21.9 Å². The van der Waals surface area contributed by atoms with Gasteiger partial charge in [-0.05, 0) is 34.9 Å². The number of aryl methyl sites for hydroxylation is 1. The predicted molar refractivity (Wildman–Crippen MR) is 120 cm³/mol. The third-order valence-corrected chi connectivity index (χ3v) is 4.96. The smallest absolute Gasteiger partial charge is 0.267 e. The third kappa shape index (κ3) is 3.98. The van der Waals surface area contributed by atoms with Gasteiger partial charge in [0.25, 0.3) is 11.5 Å². The van der Waals surface area contributed by atoms with Crippen molar-refractivity contribution >= 4 is 33.7 Å². The van der Waals surface area contributed by atoms with Crippen molar-refractivity contribution in [1.29, 1.82) is 0 Å². The van der Waals surface area contributed by atoms with Crippen LogP contribution in [0.5, 0.6) is 0 Å². The molecular weight excluding hydrogens is 376 g/mol. The molecule has 0 unspecified atom stereocenters. The molecular formula is C24H22N4O2. The molecule has 0 spiro atoms. The first-order chi connectivity index (χ1) is 14.7. The van der Waals surface area contributed by atoms with Gasteiger partial charge in [-0.1, -0.05) is 67.9 Å². The lowest BCUT2D eigenvalue weighted by Gasteiger charge is -2.09. The average molecular weight is 398 g/mol. The Bertz CT molecular complexity index is 1310. The lowest BCUT2D eigenvalue weighted by Crippen LogP contribution is -2.29. The molecule has 0 aliphatic heterocycles. The number of nitrogens with one attached hydrogen (secondary N) is 1. The van der Waals surface area contributed by atoms with E-state index >= 15 is 0 Å². The molecule has 1 heterocycles. The Hall–Kier alpha value is -3.80. The Morgan fingerprint density at radius 1 is 1.03 bits per heavy atom. The number of carbonyl (C=O) groups is 1. The van der Waals surface area contributed by atoms with Gasteiger partial charge in [0.1, 0.15) is 0 Å². The second-order valence-corrected chi connectivity index (χ2v) is 7.08. The normalized spacial score (nSPS) is 11.4. The zero-order valence-electron chi connectivity index (χ0n) is 16.7. The van der Waals surface area contributed by atoms with Crippen molar-refractivity contribution in [3.63, 3.8) is 0 Å².